The van der Waals surface area contributed by atoms with E-state index in [0.717, 1.165) is 6.42 Å². The van der Waals surface area contributed by atoms with Crippen molar-refractivity contribution in [2.24, 2.45) is 0 Å². The van der Waals surface area contributed by atoms with Gasteiger partial charge in [0, 0.05) is 23.4 Å². The summed E-state index contributed by atoms with van der Waals surface area (Å²) in [6.45, 7) is 2.25. The molecule has 8 nitrogen and oxygen atoms in total. The van der Waals surface area contributed by atoms with Gasteiger partial charge in [-0.25, -0.2) is 4.79 Å². The first kappa shape index (κ1) is 21.1. The third-order valence-electron chi connectivity index (χ3n) is 4.07. The Bertz CT molecular complexity index is 1090. The number of benzene rings is 2. The van der Waals surface area contributed by atoms with Gasteiger partial charge in [-0.15, -0.1) is 0 Å². The fraction of sp³-hybridized carbons (Fsp3) is 0.143. The molecule has 1 N–H and O–H groups in total. The molecule has 0 atom stereocenters. The van der Waals surface area contributed by atoms with Crippen molar-refractivity contribution in [1.82, 2.24) is 0 Å². The molecule has 0 radical (unpaired) electrons. The van der Waals surface area contributed by atoms with E-state index >= 15 is 0 Å². The Morgan fingerprint density at radius 3 is 2.50 bits per heavy atom. The molecule has 154 valence electrons. The lowest BCUT2D eigenvalue weighted by Crippen LogP contribution is -2.11. The molecule has 0 saturated carbocycles. The Hall–Kier alpha value is -3.65. The van der Waals surface area contributed by atoms with E-state index < -0.39 is 16.8 Å². The van der Waals surface area contributed by atoms with Gasteiger partial charge in [-0.1, -0.05) is 18.5 Å². The number of nitro groups is 1. The van der Waals surface area contributed by atoms with Crippen LogP contribution < -0.4 is 5.32 Å². The predicted molar refractivity (Wildman–Crippen MR) is 111 cm³/mol. The van der Waals surface area contributed by atoms with Crippen molar-refractivity contribution in [3.63, 3.8) is 0 Å². The number of rotatable bonds is 7. The molecule has 1 aromatic heterocycles. The minimum absolute atomic E-state index is 0.0332. The molecule has 0 saturated heterocycles. The number of furan rings is 1. The summed E-state index contributed by atoms with van der Waals surface area (Å²) in [5, 5.41) is 13.6. The fourth-order valence-corrected chi connectivity index (χ4v) is 2.85. The quantitative estimate of drug-likeness (QED) is 0.309. The maximum absolute atomic E-state index is 12.4. The van der Waals surface area contributed by atoms with Crippen LogP contribution in [0.3, 0.4) is 0 Å². The lowest BCUT2D eigenvalue weighted by molar-refractivity contribution is -0.384. The van der Waals surface area contributed by atoms with Crippen molar-refractivity contribution in [2.45, 2.75) is 13.3 Å². The highest BCUT2D eigenvalue weighted by Crippen LogP contribution is 2.32. The van der Waals surface area contributed by atoms with Gasteiger partial charge in [0.05, 0.1) is 22.1 Å². The average Bonchev–Trinajstić information content (AvgIpc) is 3.22. The van der Waals surface area contributed by atoms with Crippen LogP contribution in [0.4, 0.5) is 11.4 Å². The Balaban J connectivity index is 1.70. The molecule has 9 heteroatoms. The number of amides is 1. The topological polar surface area (TPSA) is 112 Å². The summed E-state index contributed by atoms with van der Waals surface area (Å²) in [7, 11) is 0. The van der Waals surface area contributed by atoms with Gasteiger partial charge < -0.3 is 14.5 Å². The van der Waals surface area contributed by atoms with Crippen molar-refractivity contribution in [1.29, 1.82) is 0 Å². The van der Waals surface area contributed by atoms with E-state index in [1.807, 2.05) is 6.92 Å². The molecule has 3 rings (SSSR count). The van der Waals surface area contributed by atoms with Gasteiger partial charge in [0.25, 0.3) is 11.6 Å². The van der Waals surface area contributed by atoms with Crippen LogP contribution in [0.15, 0.2) is 59.0 Å². The van der Waals surface area contributed by atoms with E-state index in [4.69, 9.17) is 20.8 Å². The van der Waals surface area contributed by atoms with E-state index in [1.165, 1.54) is 24.3 Å². The van der Waals surface area contributed by atoms with Crippen molar-refractivity contribution >= 4 is 34.9 Å². The lowest BCUT2D eigenvalue weighted by Gasteiger charge is -2.06. The number of carbonyl (C=O) groups is 2. The number of nitrogens with zero attached hydrogens (tertiary/aromatic N) is 1. The molecule has 0 aliphatic heterocycles. The van der Waals surface area contributed by atoms with E-state index in [1.54, 1.807) is 30.3 Å². The Morgan fingerprint density at radius 2 is 1.87 bits per heavy atom. The van der Waals surface area contributed by atoms with E-state index in [9.17, 15) is 19.7 Å². The largest absolute Gasteiger partial charge is 0.462 e. The number of hydrogen-bond donors (Lipinski definition) is 1. The molecule has 30 heavy (non-hydrogen) atoms. The minimum atomic E-state index is -0.550. The van der Waals surface area contributed by atoms with E-state index in [2.05, 4.69) is 5.32 Å². The molecule has 0 unspecified atom stereocenters. The number of hydrogen-bond acceptors (Lipinski definition) is 6. The zero-order chi connectivity index (χ0) is 21.7. The van der Waals surface area contributed by atoms with Crippen LogP contribution in [0.5, 0.6) is 0 Å². The molecular formula is C21H17ClN2O6. The van der Waals surface area contributed by atoms with Gasteiger partial charge in [0.15, 0.2) is 5.76 Å². The highest BCUT2D eigenvalue weighted by Gasteiger charge is 2.17. The smallest absolute Gasteiger partial charge is 0.338 e. The number of ether oxygens (including phenoxy) is 1. The molecule has 0 fully saturated rings. The predicted octanol–water partition coefficient (Wildman–Crippen LogP) is 5.33. The van der Waals surface area contributed by atoms with Crippen LogP contribution in [-0.2, 0) is 4.74 Å². The van der Waals surface area contributed by atoms with Gasteiger partial charge in [-0.05, 0) is 48.9 Å². The maximum Gasteiger partial charge on any atom is 0.338 e. The summed E-state index contributed by atoms with van der Waals surface area (Å²) in [4.78, 5) is 34.5. The molecule has 2 aromatic carbocycles. The van der Waals surface area contributed by atoms with Crippen LogP contribution in [0, 0.1) is 10.1 Å². The zero-order valence-electron chi connectivity index (χ0n) is 15.9. The Morgan fingerprint density at radius 1 is 1.13 bits per heavy atom. The van der Waals surface area contributed by atoms with Gasteiger partial charge in [-0.3, -0.25) is 14.9 Å². The van der Waals surface area contributed by atoms with Crippen molar-refractivity contribution in [3.8, 4) is 11.3 Å². The number of nitro benzene ring substituents is 1. The van der Waals surface area contributed by atoms with Crippen LogP contribution in [0.25, 0.3) is 11.3 Å². The first-order valence-corrected chi connectivity index (χ1v) is 9.39. The first-order chi connectivity index (χ1) is 14.4. The number of nitrogens with one attached hydrogen (secondary N) is 1. The van der Waals surface area contributed by atoms with Crippen LogP contribution in [0.2, 0.25) is 5.02 Å². The molecule has 1 heterocycles. The first-order valence-electron chi connectivity index (χ1n) is 9.01. The highest BCUT2D eigenvalue weighted by molar-refractivity contribution is 6.33. The molecule has 3 aromatic rings. The third kappa shape index (κ3) is 4.84. The average molecular weight is 429 g/mol. The van der Waals surface area contributed by atoms with Gasteiger partial charge in [0.1, 0.15) is 5.76 Å². The number of esters is 1. The third-order valence-corrected chi connectivity index (χ3v) is 4.39. The summed E-state index contributed by atoms with van der Waals surface area (Å²) in [6, 6.07) is 13.3. The summed E-state index contributed by atoms with van der Waals surface area (Å²) >= 11 is 6.10. The number of carbonyl (C=O) groups excluding carboxylic acids is 2. The SMILES string of the molecule is CCCOC(=O)c1ccc(NC(=O)c2ccc(-c3ccc([N+](=O)[O-])cc3Cl)o2)cc1. The van der Waals surface area contributed by atoms with Crippen molar-refractivity contribution < 1.29 is 23.7 Å². The van der Waals surface area contributed by atoms with E-state index in [-0.39, 0.29) is 16.5 Å². The van der Waals surface area contributed by atoms with Crippen molar-refractivity contribution in [3.05, 3.63) is 81.1 Å². The number of halogens is 1. The van der Waals surface area contributed by atoms with Gasteiger partial charge in [-0.2, -0.15) is 0 Å². The molecule has 0 aliphatic rings. The second-order valence-corrected chi connectivity index (χ2v) is 6.66. The summed E-state index contributed by atoms with van der Waals surface area (Å²) in [6.07, 6.45) is 0.732. The summed E-state index contributed by atoms with van der Waals surface area (Å²) in [5.74, 6) is -0.592. The molecule has 0 aliphatic carbocycles. The van der Waals surface area contributed by atoms with Crippen molar-refractivity contribution in [2.75, 3.05) is 11.9 Å². The Labute approximate surface area is 176 Å². The monoisotopic (exact) mass is 428 g/mol. The lowest BCUT2D eigenvalue weighted by atomic mass is 10.1. The normalized spacial score (nSPS) is 10.5. The second-order valence-electron chi connectivity index (χ2n) is 6.25. The number of non-ortho nitro benzene ring substituents is 1. The summed E-state index contributed by atoms with van der Waals surface area (Å²) < 4.78 is 10.6. The highest BCUT2D eigenvalue weighted by atomic mass is 35.5. The minimum Gasteiger partial charge on any atom is -0.462 e. The van der Waals surface area contributed by atoms with Gasteiger partial charge in [0.2, 0.25) is 0 Å². The molecule has 1 amide bonds. The van der Waals surface area contributed by atoms with Crippen LogP contribution in [-0.4, -0.2) is 23.4 Å². The fourth-order valence-electron chi connectivity index (χ4n) is 2.58. The van der Waals surface area contributed by atoms with Crippen LogP contribution in [0.1, 0.15) is 34.3 Å². The standard InChI is InChI=1S/C21H17ClN2O6/c1-2-11-29-21(26)13-3-5-14(6-4-13)23-20(25)19-10-9-18(30-19)16-8-7-15(24(27)28)12-17(16)22/h3-10,12H,2,11H2,1H3,(H,23,25). The molecular weight excluding hydrogens is 412 g/mol. The van der Waals surface area contributed by atoms with Crippen LogP contribution >= 0.6 is 11.6 Å². The molecule has 0 spiro atoms. The van der Waals surface area contributed by atoms with Gasteiger partial charge >= 0.3 is 5.97 Å². The molecule has 0 bridgehead atoms. The Kier molecular flexibility index (Phi) is 6.48. The second kappa shape index (κ2) is 9.23. The maximum atomic E-state index is 12.4. The summed E-state index contributed by atoms with van der Waals surface area (Å²) in [5.41, 5.74) is 1.14. The number of anilines is 1. The van der Waals surface area contributed by atoms with E-state index in [0.29, 0.717) is 29.2 Å². The zero-order valence-corrected chi connectivity index (χ0v) is 16.6.